The number of benzene rings is 3. The highest BCUT2D eigenvalue weighted by molar-refractivity contribution is 6.42. The number of nitrogens with zero attached hydrogens (tertiary/aromatic N) is 5. The summed E-state index contributed by atoms with van der Waals surface area (Å²) in [6, 6.07) is 17.7. The van der Waals surface area contributed by atoms with Crippen LogP contribution in [0.15, 0.2) is 60.7 Å². The van der Waals surface area contributed by atoms with Crippen molar-refractivity contribution in [1.82, 2.24) is 30.0 Å². The predicted octanol–water partition coefficient (Wildman–Crippen LogP) is 4.72. The molecule has 5 aliphatic heterocycles. The number of piperazine rings is 1. The number of hydrazine groups is 1. The fourth-order valence-corrected chi connectivity index (χ4v) is 9.33. The van der Waals surface area contributed by atoms with Gasteiger partial charge in [0.25, 0.3) is 5.91 Å². The highest BCUT2D eigenvalue weighted by atomic mass is 35.5. The van der Waals surface area contributed by atoms with E-state index >= 15 is 0 Å². The number of aliphatic carboxylic acids is 1. The molecule has 5 heterocycles. The zero-order valence-corrected chi connectivity index (χ0v) is 33.9. The third-order valence-electron chi connectivity index (χ3n) is 12.3. The standard InChI is InChI=1S/C41H48Cl2N6O8/c1-55-32-23-27(24-33(56-2)34(32)57-3)36(50)47-18-12-40(26-47,29-9-10-30(42)31(43)25-29)11-15-45-16-13-41(14-17-45,28-7-5-4-6-8-28)38(53)44-39(54)49-35(37(51)52)46-19-21-48(49)22-20-46/h4-10,23-25,35H,11-22,26H2,1-3H3,(H,51,52)(H,44,53,54)/t35-,40+/m0/s1. The molecular formula is C41H48Cl2N6O8. The summed E-state index contributed by atoms with van der Waals surface area (Å²) >= 11 is 12.9. The number of carbonyl (C=O) groups excluding carboxylic acids is 3. The Bertz CT molecular complexity index is 1980. The van der Waals surface area contributed by atoms with E-state index in [0.717, 1.165) is 11.1 Å². The van der Waals surface area contributed by atoms with Crippen LogP contribution in [0.4, 0.5) is 4.79 Å². The van der Waals surface area contributed by atoms with E-state index in [1.165, 1.54) is 26.3 Å². The van der Waals surface area contributed by atoms with Gasteiger partial charge >= 0.3 is 12.0 Å². The number of hydrogen-bond donors (Lipinski definition) is 2. The van der Waals surface area contributed by atoms with Crippen molar-refractivity contribution >= 4 is 47.0 Å². The molecule has 2 bridgehead atoms. The van der Waals surface area contributed by atoms with Crippen molar-refractivity contribution in [1.29, 1.82) is 0 Å². The van der Waals surface area contributed by atoms with E-state index in [1.54, 1.807) is 28.1 Å². The molecule has 5 saturated heterocycles. The fourth-order valence-electron chi connectivity index (χ4n) is 9.03. The number of ether oxygens (including phenoxy) is 3. The predicted molar refractivity (Wildman–Crippen MR) is 213 cm³/mol. The van der Waals surface area contributed by atoms with Crippen molar-refractivity contribution in [3.8, 4) is 17.2 Å². The van der Waals surface area contributed by atoms with Crippen molar-refractivity contribution in [2.75, 3.05) is 80.2 Å². The Morgan fingerprint density at radius 3 is 2.05 bits per heavy atom. The van der Waals surface area contributed by atoms with Gasteiger partial charge in [-0.3, -0.25) is 19.8 Å². The molecule has 304 valence electrons. The van der Waals surface area contributed by atoms with E-state index < -0.39 is 34.9 Å². The minimum Gasteiger partial charge on any atom is -0.493 e. The highest BCUT2D eigenvalue weighted by Crippen LogP contribution is 2.44. The molecule has 0 saturated carbocycles. The van der Waals surface area contributed by atoms with Crippen LogP contribution in [0.2, 0.25) is 10.0 Å². The molecule has 0 unspecified atom stereocenters. The second kappa shape index (κ2) is 16.7. The molecule has 2 atom stereocenters. The number of carbonyl (C=O) groups is 4. The van der Waals surface area contributed by atoms with E-state index in [2.05, 4.69) is 10.2 Å². The van der Waals surface area contributed by atoms with Crippen LogP contribution in [-0.2, 0) is 20.4 Å². The molecule has 5 fully saturated rings. The number of fused-ring (bicyclic) bond motifs is 3. The van der Waals surface area contributed by atoms with Gasteiger partial charge in [-0.2, -0.15) is 0 Å². The number of carboxylic acids is 1. The molecule has 0 aliphatic carbocycles. The number of piperidine rings is 1. The molecule has 0 radical (unpaired) electrons. The SMILES string of the molecule is COc1cc(C(=O)N2CC[C@@](CCN3CCC(C(=O)NC(=O)N4[C@@H](C(=O)O)N5CCN4CC5)(c4ccccc4)CC3)(c3ccc(Cl)c(Cl)c3)C2)cc(OC)c1OC. The zero-order valence-electron chi connectivity index (χ0n) is 32.3. The Balaban J connectivity index is 1.08. The van der Waals surface area contributed by atoms with Gasteiger partial charge in [0.15, 0.2) is 11.5 Å². The van der Waals surface area contributed by atoms with Crippen molar-refractivity contribution in [2.24, 2.45) is 0 Å². The largest absolute Gasteiger partial charge is 0.493 e. The van der Waals surface area contributed by atoms with Gasteiger partial charge in [-0.05, 0) is 80.7 Å². The van der Waals surface area contributed by atoms with Crippen LogP contribution in [-0.4, -0.2) is 140 Å². The third-order valence-corrected chi connectivity index (χ3v) is 13.0. The summed E-state index contributed by atoms with van der Waals surface area (Å²) in [5.41, 5.74) is 0.763. The summed E-state index contributed by atoms with van der Waals surface area (Å²) in [7, 11) is 4.54. The first-order valence-corrected chi connectivity index (χ1v) is 19.9. The molecule has 4 amide bonds. The molecule has 8 rings (SSSR count). The Kier molecular flexibility index (Phi) is 11.9. The number of likely N-dealkylation sites (tertiary alicyclic amines) is 2. The summed E-state index contributed by atoms with van der Waals surface area (Å²) < 4.78 is 16.5. The molecule has 2 N–H and O–H groups in total. The van der Waals surface area contributed by atoms with Gasteiger partial charge in [-0.25, -0.2) is 19.6 Å². The van der Waals surface area contributed by atoms with Gasteiger partial charge in [0, 0.05) is 50.2 Å². The second-order valence-electron chi connectivity index (χ2n) is 15.1. The summed E-state index contributed by atoms with van der Waals surface area (Å²) in [5, 5.41) is 16.4. The van der Waals surface area contributed by atoms with Gasteiger partial charge in [0.2, 0.25) is 17.8 Å². The molecule has 5 aliphatic rings. The van der Waals surface area contributed by atoms with Crippen molar-refractivity contribution in [3.05, 3.63) is 87.4 Å². The first kappa shape index (κ1) is 40.6. The smallest absolute Gasteiger partial charge is 0.343 e. The third kappa shape index (κ3) is 7.73. The van der Waals surface area contributed by atoms with E-state index in [9.17, 15) is 24.3 Å². The van der Waals surface area contributed by atoms with Crippen molar-refractivity contribution < 1.29 is 38.5 Å². The van der Waals surface area contributed by atoms with E-state index in [1.807, 2.05) is 47.4 Å². The van der Waals surface area contributed by atoms with E-state index in [0.29, 0.717) is 117 Å². The number of hydrogen-bond acceptors (Lipinski definition) is 10. The van der Waals surface area contributed by atoms with Crippen LogP contribution in [0, 0.1) is 0 Å². The molecule has 16 heteroatoms. The van der Waals surface area contributed by atoms with Gasteiger partial charge in [0.05, 0.1) is 36.8 Å². The lowest BCUT2D eigenvalue weighted by atomic mass is 9.71. The van der Waals surface area contributed by atoms with Crippen LogP contribution in [0.3, 0.4) is 0 Å². The minimum atomic E-state index is -1.17. The number of urea groups is 1. The zero-order chi connectivity index (χ0) is 40.5. The average Bonchev–Trinajstić information content (AvgIpc) is 3.69. The second-order valence-corrected chi connectivity index (χ2v) is 16.0. The Hall–Kier alpha value is -4.60. The fraction of sp³-hybridized carbons (Fsp3) is 0.463. The van der Waals surface area contributed by atoms with Crippen LogP contribution in [0.1, 0.15) is 47.2 Å². The number of nitrogens with one attached hydrogen (secondary N) is 1. The lowest BCUT2D eigenvalue weighted by Crippen LogP contribution is -2.74. The molecule has 0 spiro atoms. The van der Waals surface area contributed by atoms with Crippen molar-refractivity contribution in [2.45, 2.75) is 42.7 Å². The quantitative estimate of drug-likeness (QED) is 0.277. The monoisotopic (exact) mass is 822 g/mol. The van der Waals surface area contributed by atoms with Gasteiger partial charge < -0.3 is 29.1 Å². The number of halogens is 2. The summed E-state index contributed by atoms with van der Waals surface area (Å²) in [6.45, 7) is 4.85. The molecule has 3 aromatic carbocycles. The minimum absolute atomic E-state index is 0.164. The molecule has 57 heavy (non-hydrogen) atoms. The molecular weight excluding hydrogens is 775 g/mol. The Labute approximate surface area is 342 Å². The first-order chi connectivity index (χ1) is 27.4. The lowest BCUT2D eigenvalue weighted by Gasteiger charge is -2.52. The maximum absolute atomic E-state index is 14.3. The van der Waals surface area contributed by atoms with Gasteiger partial charge in [-0.15, -0.1) is 0 Å². The van der Waals surface area contributed by atoms with Crippen LogP contribution < -0.4 is 19.5 Å². The lowest BCUT2D eigenvalue weighted by molar-refractivity contribution is -0.190. The van der Waals surface area contributed by atoms with Crippen LogP contribution in [0.25, 0.3) is 0 Å². The molecule has 0 aromatic heterocycles. The van der Waals surface area contributed by atoms with Gasteiger partial charge in [-0.1, -0.05) is 59.6 Å². The van der Waals surface area contributed by atoms with Gasteiger partial charge in [0.1, 0.15) is 0 Å². The summed E-state index contributed by atoms with van der Waals surface area (Å²) in [5.74, 6) is -0.552. The molecule has 14 nitrogen and oxygen atoms in total. The van der Waals surface area contributed by atoms with Crippen LogP contribution in [0.5, 0.6) is 17.2 Å². The Morgan fingerprint density at radius 1 is 0.789 bits per heavy atom. The number of rotatable bonds is 11. The maximum Gasteiger partial charge on any atom is 0.343 e. The van der Waals surface area contributed by atoms with E-state index in [-0.39, 0.29) is 5.91 Å². The number of carboxylic acid groups (broad SMARTS) is 1. The number of amides is 4. The number of methoxy groups -OCH3 is 3. The molecule has 3 aromatic rings. The average molecular weight is 824 g/mol. The summed E-state index contributed by atoms with van der Waals surface area (Å²) in [4.78, 5) is 60.2. The first-order valence-electron chi connectivity index (χ1n) is 19.1. The summed E-state index contributed by atoms with van der Waals surface area (Å²) in [6.07, 6.45) is 1.11. The van der Waals surface area contributed by atoms with E-state index in [4.69, 9.17) is 37.4 Å². The van der Waals surface area contributed by atoms with Crippen LogP contribution >= 0.6 is 23.2 Å². The number of imide groups is 1. The Morgan fingerprint density at radius 2 is 1.46 bits per heavy atom. The van der Waals surface area contributed by atoms with Crippen molar-refractivity contribution in [3.63, 3.8) is 0 Å². The maximum atomic E-state index is 14.3. The highest BCUT2D eigenvalue weighted by Gasteiger charge is 2.49. The normalized spacial score (nSPS) is 24.2. The topological polar surface area (TPSA) is 144 Å².